The Balaban J connectivity index is 1.40. The Morgan fingerprint density at radius 1 is 1.03 bits per heavy atom. The third-order valence-corrected chi connectivity index (χ3v) is 6.59. The number of ether oxygens (including phenoxy) is 3. The summed E-state index contributed by atoms with van der Waals surface area (Å²) in [6.45, 7) is 5.36. The van der Waals surface area contributed by atoms with E-state index in [1.54, 1.807) is 0 Å². The van der Waals surface area contributed by atoms with Gasteiger partial charge in [-0.2, -0.15) is 0 Å². The topological polar surface area (TPSA) is 60.0 Å². The molecule has 2 heterocycles. The summed E-state index contributed by atoms with van der Waals surface area (Å²) in [5, 5.41) is 3.72. The first-order valence-corrected chi connectivity index (χ1v) is 11.2. The van der Waals surface area contributed by atoms with Crippen molar-refractivity contribution in [3.8, 4) is 11.5 Å². The van der Waals surface area contributed by atoms with Crippen molar-refractivity contribution in [2.45, 2.75) is 50.5 Å². The van der Waals surface area contributed by atoms with Gasteiger partial charge >= 0.3 is 0 Å². The minimum Gasteiger partial charge on any atom is -0.489 e. The summed E-state index contributed by atoms with van der Waals surface area (Å²) in [5.41, 5.74) is 0.917. The van der Waals surface area contributed by atoms with Crippen molar-refractivity contribution < 1.29 is 19.0 Å². The standard InChI is InChI=1S/C22H31ClN2O4/c23-18-13-17(14-19-21(18)29-10-4-9-28-19)15-20(26)24-16-22(5-2-1-3-6-22)25-7-11-27-12-8-25/h13-14H,1-12,15-16H2,(H,24,26). The summed E-state index contributed by atoms with van der Waals surface area (Å²) in [7, 11) is 0. The summed E-state index contributed by atoms with van der Waals surface area (Å²) in [6, 6.07) is 3.69. The van der Waals surface area contributed by atoms with Gasteiger partial charge in [0.05, 0.1) is 37.9 Å². The lowest BCUT2D eigenvalue weighted by Gasteiger charge is -2.48. The summed E-state index contributed by atoms with van der Waals surface area (Å²) in [4.78, 5) is 15.3. The molecule has 1 aromatic rings. The van der Waals surface area contributed by atoms with Gasteiger partial charge in [0.25, 0.3) is 0 Å². The van der Waals surface area contributed by atoms with E-state index in [0.717, 1.165) is 51.1 Å². The van der Waals surface area contributed by atoms with Crippen molar-refractivity contribution in [1.29, 1.82) is 0 Å². The van der Waals surface area contributed by atoms with Crippen LogP contribution < -0.4 is 14.8 Å². The van der Waals surface area contributed by atoms with Gasteiger partial charge < -0.3 is 19.5 Å². The Hall–Kier alpha value is -1.50. The fraction of sp³-hybridized carbons (Fsp3) is 0.682. The van der Waals surface area contributed by atoms with E-state index < -0.39 is 0 Å². The fourth-order valence-electron chi connectivity index (χ4n) is 4.75. The number of amides is 1. The summed E-state index contributed by atoms with van der Waals surface area (Å²) < 4.78 is 17.0. The van der Waals surface area contributed by atoms with E-state index in [4.69, 9.17) is 25.8 Å². The lowest BCUT2D eigenvalue weighted by atomic mass is 9.79. The van der Waals surface area contributed by atoms with Crippen LogP contribution in [0.5, 0.6) is 11.5 Å². The largest absolute Gasteiger partial charge is 0.489 e. The number of carbonyl (C=O) groups excluding carboxylic acids is 1. The highest BCUT2D eigenvalue weighted by Crippen LogP contribution is 2.38. The molecular formula is C22H31ClN2O4. The lowest BCUT2D eigenvalue weighted by molar-refractivity contribution is -0.121. The van der Waals surface area contributed by atoms with Crippen molar-refractivity contribution >= 4 is 17.5 Å². The van der Waals surface area contributed by atoms with E-state index in [0.29, 0.717) is 36.3 Å². The van der Waals surface area contributed by atoms with Crippen LogP contribution in [0.15, 0.2) is 12.1 Å². The van der Waals surface area contributed by atoms with Crippen LogP contribution in [0, 0.1) is 0 Å². The maximum atomic E-state index is 12.8. The van der Waals surface area contributed by atoms with E-state index in [1.807, 2.05) is 12.1 Å². The Kier molecular flexibility index (Phi) is 6.83. The second-order valence-corrected chi connectivity index (χ2v) is 8.70. The van der Waals surface area contributed by atoms with Crippen molar-refractivity contribution in [2.75, 3.05) is 46.1 Å². The number of fused-ring (bicyclic) bond motifs is 1. The van der Waals surface area contributed by atoms with Crippen molar-refractivity contribution in [1.82, 2.24) is 10.2 Å². The van der Waals surface area contributed by atoms with Gasteiger partial charge in [-0.3, -0.25) is 9.69 Å². The Labute approximate surface area is 177 Å². The number of benzene rings is 1. The highest BCUT2D eigenvalue weighted by atomic mass is 35.5. The van der Waals surface area contributed by atoms with Crippen LogP contribution in [0.4, 0.5) is 0 Å². The number of halogens is 1. The number of rotatable bonds is 5. The molecule has 0 aromatic heterocycles. The second-order valence-electron chi connectivity index (χ2n) is 8.29. The molecule has 1 aliphatic carbocycles. The van der Waals surface area contributed by atoms with Crippen LogP contribution in [0.3, 0.4) is 0 Å². The third kappa shape index (κ3) is 4.98. The Morgan fingerprint density at radius 3 is 2.59 bits per heavy atom. The molecule has 7 heteroatoms. The summed E-state index contributed by atoms with van der Waals surface area (Å²) >= 11 is 6.37. The molecule has 1 N–H and O–H groups in total. The smallest absolute Gasteiger partial charge is 0.224 e. The zero-order valence-corrected chi connectivity index (χ0v) is 17.8. The summed E-state index contributed by atoms with van der Waals surface area (Å²) in [5.74, 6) is 1.24. The fourth-order valence-corrected chi connectivity index (χ4v) is 5.04. The van der Waals surface area contributed by atoms with Crippen LogP contribution in [-0.4, -0.2) is 62.4 Å². The average molecular weight is 423 g/mol. The summed E-state index contributed by atoms with van der Waals surface area (Å²) in [6.07, 6.45) is 7.14. The van der Waals surface area contributed by atoms with Crippen molar-refractivity contribution in [2.24, 2.45) is 0 Å². The molecule has 29 heavy (non-hydrogen) atoms. The van der Waals surface area contributed by atoms with E-state index >= 15 is 0 Å². The van der Waals surface area contributed by atoms with Gasteiger partial charge in [-0.25, -0.2) is 0 Å². The maximum absolute atomic E-state index is 12.8. The molecular weight excluding hydrogens is 392 g/mol. The molecule has 0 spiro atoms. The normalized spacial score (nSPS) is 22.0. The molecule has 1 saturated carbocycles. The molecule has 1 aromatic carbocycles. The SMILES string of the molecule is O=C(Cc1cc(Cl)c2c(c1)OCCCO2)NCC1(N2CCOCC2)CCCCC1. The van der Waals surface area contributed by atoms with Gasteiger partial charge in [0, 0.05) is 31.6 Å². The molecule has 1 saturated heterocycles. The van der Waals surface area contributed by atoms with Crippen molar-refractivity contribution in [3.05, 3.63) is 22.7 Å². The molecule has 0 radical (unpaired) electrons. The van der Waals surface area contributed by atoms with E-state index in [2.05, 4.69) is 10.2 Å². The molecule has 2 aliphatic heterocycles. The zero-order chi connectivity index (χ0) is 20.1. The van der Waals surface area contributed by atoms with Crippen LogP contribution >= 0.6 is 11.6 Å². The van der Waals surface area contributed by atoms with Gasteiger partial charge in [0.15, 0.2) is 11.5 Å². The first-order chi connectivity index (χ1) is 14.2. The predicted molar refractivity (Wildman–Crippen MR) is 112 cm³/mol. The zero-order valence-electron chi connectivity index (χ0n) is 17.0. The van der Waals surface area contributed by atoms with Gasteiger partial charge in [-0.15, -0.1) is 0 Å². The number of hydrogen-bond acceptors (Lipinski definition) is 5. The average Bonchev–Trinajstić information content (AvgIpc) is 3.00. The predicted octanol–water partition coefficient (Wildman–Crippen LogP) is 3.20. The quantitative estimate of drug-likeness (QED) is 0.789. The second kappa shape index (κ2) is 9.54. The lowest BCUT2D eigenvalue weighted by Crippen LogP contribution is -2.59. The third-order valence-electron chi connectivity index (χ3n) is 6.31. The molecule has 1 amide bonds. The number of hydrogen-bond donors (Lipinski definition) is 1. The minimum atomic E-state index is 0.0220. The first kappa shape index (κ1) is 20.8. The Morgan fingerprint density at radius 2 is 1.79 bits per heavy atom. The highest BCUT2D eigenvalue weighted by Gasteiger charge is 2.38. The molecule has 6 nitrogen and oxygen atoms in total. The van der Waals surface area contributed by atoms with Crippen LogP contribution in [0.1, 0.15) is 44.1 Å². The molecule has 2 fully saturated rings. The molecule has 160 valence electrons. The van der Waals surface area contributed by atoms with Gasteiger partial charge in [-0.1, -0.05) is 30.9 Å². The van der Waals surface area contributed by atoms with E-state index in [1.165, 1.54) is 19.3 Å². The van der Waals surface area contributed by atoms with E-state index in [-0.39, 0.29) is 17.9 Å². The highest BCUT2D eigenvalue weighted by molar-refractivity contribution is 6.32. The minimum absolute atomic E-state index is 0.0220. The van der Waals surface area contributed by atoms with Crippen molar-refractivity contribution in [3.63, 3.8) is 0 Å². The molecule has 0 bridgehead atoms. The van der Waals surface area contributed by atoms with Crippen LogP contribution in [0.2, 0.25) is 5.02 Å². The first-order valence-electron chi connectivity index (χ1n) is 10.8. The van der Waals surface area contributed by atoms with Gasteiger partial charge in [-0.05, 0) is 30.5 Å². The number of carbonyl (C=O) groups is 1. The maximum Gasteiger partial charge on any atom is 0.224 e. The van der Waals surface area contributed by atoms with Gasteiger partial charge in [0.2, 0.25) is 5.91 Å². The molecule has 3 aliphatic rings. The molecule has 0 unspecified atom stereocenters. The van der Waals surface area contributed by atoms with Gasteiger partial charge in [0.1, 0.15) is 0 Å². The number of morpholine rings is 1. The monoisotopic (exact) mass is 422 g/mol. The molecule has 4 rings (SSSR count). The van der Waals surface area contributed by atoms with Crippen LogP contribution in [0.25, 0.3) is 0 Å². The van der Waals surface area contributed by atoms with E-state index in [9.17, 15) is 4.79 Å². The number of nitrogens with zero attached hydrogens (tertiary/aromatic N) is 1. The van der Waals surface area contributed by atoms with Crippen LogP contribution in [-0.2, 0) is 16.0 Å². The number of nitrogens with one attached hydrogen (secondary N) is 1. The molecule has 0 atom stereocenters. The Bertz CT molecular complexity index is 715.